The summed E-state index contributed by atoms with van der Waals surface area (Å²) in [7, 11) is 0. The van der Waals surface area contributed by atoms with E-state index < -0.39 is 0 Å². The lowest BCUT2D eigenvalue weighted by atomic mass is 10.1. The van der Waals surface area contributed by atoms with Crippen molar-refractivity contribution in [3.63, 3.8) is 0 Å². The van der Waals surface area contributed by atoms with Crippen LogP contribution in [0.4, 0.5) is 4.79 Å². The maximum Gasteiger partial charge on any atom is 0.289 e. The lowest BCUT2D eigenvalue weighted by Gasteiger charge is -2.25. The number of hydrogen-bond acceptors (Lipinski definition) is 5. The standard InChI is InChI=1S/C13H15N5OS/c19-13(17-9-5-2-6-10-17)20-12-14-15-16-18(12)11-7-3-1-4-8-11/h1,3-4,7-8H,2,5-6,9-10H2. The Balaban J connectivity index is 1.75. The van der Waals surface area contributed by atoms with Crippen LogP contribution in [0.15, 0.2) is 35.5 Å². The average Bonchev–Trinajstić information content (AvgIpc) is 2.97. The van der Waals surface area contributed by atoms with Gasteiger partial charge in [-0.25, -0.2) is 0 Å². The van der Waals surface area contributed by atoms with Crippen LogP contribution in [0.5, 0.6) is 0 Å². The fourth-order valence-electron chi connectivity index (χ4n) is 2.19. The molecule has 104 valence electrons. The molecule has 0 saturated carbocycles. The molecule has 0 bridgehead atoms. The Hall–Kier alpha value is -1.89. The minimum Gasteiger partial charge on any atom is -0.333 e. The number of carbonyl (C=O) groups is 1. The van der Waals surface area contributed by atoms with Crippen molar-refractivity contribution >= 4 is 17.0 Å². The predicted molar refractivity (Wildman–Crippen MR) is 75.8 cm³/mol. The van der Waals surface area contributed by atoms with Crippen LogP contribution in [0.2, 0.25) is 0 Å². The Morgan fingerprint density at radius 2 is 1.85 bits per heavy atom. The number of nitrogens with zero attached hydrogens (tertiary/aromatic N) is 5. The Morgan fingerprint density at radius 1 is 1.10 bits per heavy atom. The average molecular weight is 289 g/mol. The Kier molecular flexibility index (Phi) is 3.96. The highest BCUT2D eigenvalue weighted by atomic mass is 32.2. The first-order chi connectivity index (χ1) is 9.84. The van der Waals surface area contributed by atoms with Gasteiger partial charge in [0, 0.05) is 24.9 Å². The number of para-hydroxylation sites is 1. The smallest absolute Gasteiger partial charge is 0.289 e. The number of hydrogen-bond donors (Lipinski definition) is 0. The van der Waals surface area contributed by atoms with Crippen LogP contribution in [0, 0.1) is 0 Å². The van der Waals surface area contributed by atoms with Gasteiger partial charge in [0.1, 0.15) is 0 Å². The van der Waals surface area contributed by atoms with E-state index in [2.05, 4.69) is 15.5 Å². The van der Waals surface area contributed by atoms with Gasteiger partial charge in [0.15, 0.2) is 0 Å². The summed E-state index contributed by atoms with van der Waals surface area (Å²) >= 11 is 1.09. The molecule has 0 unspecified atom stereocenters. The second kappa shape index (κ2) is 6.04. The van der Waals surface area contributed by atoms with Gasteiger partial charge in [0.05, 0.1) is 5.69 Å². The third-order valence-electron chi connectivity index (χ3n) is 3.23. The molecule has 1 aromatic carbocycles. The molecule has 0 atom stereocenters. The largest absolute Gasteiger partial charge is 0.333 e. The zero-order valence-corrected chi connectivity index (χ0v) is 11.8. The molecule has 0 spiro atoms. The van der Waals surface area contributed by atoms with Crippen LogP contribution in [-0.2, 0) is 0 Å². The highest BCUT2D eigenvalue weighted by molar-refractivity contribution is 8.13. The van der Waals surface area contributed by atoms with Crippen LogP contribution in [0.1, 0.15) is 19.3 Å². The van der Waals surface area contributed by atoms with Crippen molar-refractivity contribution in [1.82, 2.24) is 25.1 Å². The summed E-state index contributed by atoms with van der Waals surface area (Å²) in [6, 6.07) is 9.58. The van der Waals surface area contributed by atoms with E-state index in [0.29, 0.717) is 5.16 Å². The van der Waals surface area contributed by atoms with Crippen molar-refractivity contribution in [3.05, 3.63) is 30.3 Å². The van der Waals surface area contributed by atoms with Gasteiger partial charge >= 0.3 is 0 Å². The molecule has 1 amide bonds. The number of benzene rings is 1. The molecule has 0 N–H and O–H groups in total. The molecule has 1 aliphatic rings. The lowest BCUT2D eigenvalue weighted by Crippen LogP contribution is -2.33. The number of likely N-dealkylation sites (tertiary alicyclic amines) is 1. The maximum absolute atomic E-state index is 12.2. The van der Waals surface area contributed by atoms with Gasteiger partial charge in [-0.1, -0.05) is 18.2 Å². The second-order valence-electron chi connectivity index (χ2n) is 4.62. The van der Waals surface area contributed by atoms with Crippen LogP contribution in [0.3, 0.4) is 0 Å². The number of rotatable bonds is 2. The van der Waals surface area contributed by atoms with E-state index in [1.807, 2.05) is 35.2 Å². The molecule has 3 rings (SSSR count). The van der Waals surface area contributed by atoms with Gasteiger partial charge in [-0.3, -0.25) is 4.79 Å². The normalized spacial score (nSPS) is 15.3. The quantitative estimate of drug-likeness (QED) is 0.794. The van der Waals surface area contributed by atoms with Crippen molar-refractivity contribution < 1.29 is 4.79 Å². The van der Waals surface area contributed by atoms with Crippen molar-refractivity contribution in [1.29, 1.82) is 0 Å². The highest BCUT2D eigenvalue weighted by Crippen LogP contribution is 2.23. The van der Waals surface area contributed by atoms with Crippen molar-refractivity contribution in [3.8, 4) is 5.69 Å². The summed E-state index contributed by atoms with van der Waals surface area (Å²) in [5, 5.41) is 12.1. The first-order valence-electron chi connectivity index (χ1n) is 6.65. The number of piperidine rings is 1. The van der Waals surface area contributed by atoms with Gasteiger partial charge < -0.3 is 4.90 Å². The summed E-state index contributed by atoms with van der Waals surface area (Å²) in [6.07, 6.45) is 3.36. The number of carbonyl (C=O) groups excluding carboxylic acids is 1. The molecule has 2 aromatic rings. The zero-order valence-electron chi connectivity index (χ0n) is 11.0. The van der Waals surface area contributed by atoms with Crippen LogP contribution < -0.4 is 0 Å². The molecule has 1 fully saturated rings. The number of aromatic nitrogens is 4. The van der Waals surface area contributed by atoms with E-state index in [1.54, 1.807) is 4.68 Å². The fourth-order valence-corrected chi connectivity index (χ4v) is 2.97. The molecule has 1 saturated heterocycles. The van der Waals surface area contributed by atoms with Gasteiger partial charge in [-0.05, 0) is 41.8 Å². The van der Waals surface area contributed by atoms with Crippen LogP contribution in [-0.4, -0.2) is 43.4 Å². The summed E-state index contributed by atoms with van der Waals surface area (Å²) in [5.41, 5.74) is 0.853. The summed E-state index contributed by atoms with van der Waals surface area (Å²) in [4.78, 5) is 14.1. The highest BCUT2D eigenvalue weighted by Gasteiger charge is 2.21. The summed E-state index contributed by atoms with van der Waals surface area (Å²) < 4.78 is 1.59. The third kappa shape index (κ3) is 2.82. The molecular formula is C13H15N5OS. The van der Waals surface area contributed by atoms with Crippen molar-refractivity contribution in [2.75, 3.05) is 13.1 Å². The van der Waals surface area contributed by atoms with Crippen LogP contribution >= 0.6 is 11.8 Å². The minimum absolute atomic E-state index is 0.0247. The third-order valence-corrected chi connectivity index (χ3v) is 4.10. The first kappa shape index (κ1) is 13.1. The van der Waals surface area contributed by atoms with E-state index in [-0.39, 0.29) is 5.24 Å². The van der Waals surface area contributed by atoms with Crippen LogP contribution in [0.25, 0.3) is 5.69 Å². The van der Waals surface area contributed by atoms with Gasteiger partial charge in [0.25, 0.3) is 5.24 Å². The monoisotopic (exact) mass is 289 g/mol. The lowest BCUT2D eigenvalue weighted by molar-refractivity contribution is 0.211. The van der Waals surface area contributed by atoms with E-state index in [9.17, 15) is 4.79 Å². The molecular weight excluding hydrogens is 274 g/mol. The second-order valence-corrected chi connectivity index (χ2v) is 5.54. The number of thioether (sulfide) groups is 1. The number of amides is 1. The van der Waals surface area contributed by atoms with E-state index in [4.69, 9.17) is 0 Å². The Labute approximate surface area is 121 Å². The molecule has 20 heavy (non-hydrogen) atoms. The zero-order chi connectivity index (χ0) is 13.8. The Morgan fingerprint density at radius 3 is 2.60 bits per heavy atom. The van der Waals surface area contributed by atoms with Crippen molar-refractivity contribution in [2.45, 2.75) is 24.4 Å². The molecule has 2 heterocycles. The fraction of sp³-hybridized carbons (Fsp3) is 0.385. The topological polar surface area (TPSA) is 63.9 Å². The molecule has 7 heteroatoms. The molecule has 6 nitrogen and oxygen atoms in total. The van der Waals surface area contributed by atoms with E-state index in [0.717, 1.165) is 43.4 Å². The van der Waals surface area contributed by atoms with Gasteiger partial charge in [-0.2, -0.15) is 4.68 Å². The SMILES string of the molecule is O=C(Sc1nnnn1-c1ccccc1)N1CCCCC1. The van der Waals surface area contributed by atoms with Crippen molar-refractivity contribution in [2.24, 2.45) is 0 Å². The number of tetrazole rings is 1. The Bertz CT molecular complexity index is 579. The summed E-state index contributed by atoms with van der Waals surface area (Å²) in [6.45, 7) is 1.66. The predicted octanol–water partition coefficient (Wildman–Crippen LogP) is 2.36. The molecule has 1 aromatic heterocycles. The maximum atomic E-state index is 12.2. The van der Waals surface area contributed by atoms with Gasteiger partial charge in [-0.15, -0.1) is 5.10 Å². The molecule has 1 aliphatic heterocycles. The molecule has 0 radical (unpaired) electrons. The first-order valence-corrected chi connectivity index (χ1v) is 7.47. The molecule has 0 aliphatic carbocycles. The van der Waals surface area contributed by atoms with Gasteiger partial charge in [0.2, 0.25) is 5.16 Å². The summed E-state index contributed by atoms with van der Waals surface area (Å²) in [5.74, 6) is 0. The van der Waals surface area contributed by atoms with E-state index >= 15 is 0 Å². The van der Waals surface area contributed by atoms with E-state index in [1.165, 1.54) is 6.42 Å². The minimum atomic E-state index is 0.0247.